The summed E-state index contributed by atoms with van der Waals surface area (Å²) < 4.78 is 0. The molecule has 0 aliphatic heterocycles. The van der Waals surface area contributed by atoms with Gasteiger partial charge in [-0.3, -0.25) is 0 Å². The highest BCUT2D eigenvalue weighted by molar-refractivity contribution is 6.45. The molecule has 2 fully saturated rings. The third kappa shape index (κ3) is 3.68. The maximum Gasteiger partial charge on any atom is 0.103 e. The zero-order chi connectivity index (χ0) is 22.8. The van der Waals surface area contributed by atoms with Gasteiger partial charge in [0.05, 0.1) is 0 Å². The molecule has 1 nitrogen and oxygen atoms in total. The molecule has 6 unspecified atom stereocenters. The molecular formula is C26H46B4O. The van der Waals surface area contributed by atoms with Crippen LogP contribution in [0, 0.1) is 28.6 Å². The van der Waals surface area contributed by atoms with Crippen molar-refractivity contribution in [3.63, 3.8) is 0 Å². The molecule has 0 aromatic carbocycles. The Balaban J connectivity index is 1.61. The number of allylic oxidation sites excluding steroid dienone is 4. The standard InChI is InChI=1S/C26H46B4O/c1-16(2)7-5-6-8-17-9-11-19-18-10-12-21-24(4,20(18)13-14-23(17,19)3)15-25(27,28)22(31)26(21,29)30/h7,17,19,21-22,31H,5-6,8-15,27-30H2,1-4H3. The average Bonchev–Trinajstić information content (AvgIpc) is 2.99. The van der Waals surface area contributed by atoms with E-state index in [2.05, 4.69) is 65.2 Å². The summed E-state index contributed by atoms with van der Waals surface area (Å²) >= 11 is 0. The Kier molecular flexibility index (Phi) is 6.06. The van der Waals surface area contributed by atoms with Crippen LogP contribution in [0.1, 0.15) is 91.9 Å². The Hall–Kier alpha value is -0.300. The van der Waals surface area contributed by atoms with Gasteiger partial charge in [0, 0.05) is 6.10 Å². The molecule has 4 rings (SSSR count). The molecule has 0 bridgehead atoms. The van der Waals surface area contributed by atoms with E-state index in [9.17, 15) is 5.11 Å². The molecule has 0 spiro atoms. The summed E-state index contributed by atoms with van der Waals surface area (Å²) in [7, 11) is 9.36. The van der Waals surface area contributed by atoms with Gasteiger partial charge in [-0.25, -0.2) is 0 Å². The summed E-state index contributed by atoms with van der Waals surface area (Å²) in [6, 6.07) is 0. The van der Waals surface area contributed by atoms with Crippen LogP contribution in [0.15, 0.2) is 22.8 Å². The van der Waals surface area contributed by atoms with Crippen molar-refractivity contribution in [2.75, 3.05) is 0 Å². The van der Waals surface area contributed by atoms with Gasteiger partial charge >= 0.3 is 0 Å². The van der Waals surface area contributed by atoms with Gasteiger partial charge in [-0.1, -0.05) is 47.1 Å². The number of rotatable bonds is 4. The van der Waals surface area contributed by atoms with Crippen molar-refractivity contribution in [2.45, 2.75) is 108 Å². The number of aliphatic hydroxyl groups excluding tert-OH is 1. The van der Waals surface area contributed by atoms with Gasteiger partial charge in [-0.15, -0.1) is 0 Å². The first kappa shape index (κ1) is 23.8. The van der Waals surface area contributed by atoms with Crippen LogP contribution in [0.2, 0.25) is 10.4 Å². The van der Waals surface area contributed by atoms with Crippen LogP contribution < -0.4 is 0 Å². The Morgan fingerprint density at radius 1 is 1.06 bits per heavy atom. The van der Waals surface area contributed by atoms with Crippen LogP contribution in [-0.4, -0.2) is 42.6 Å². The first-order valence-corrected chi connectivity index (χ1v) is 13.4. The van der Waals surface area contributed by atoms with Crippen LogP contribution in [0.25, 0.3) is 0 Å². The van der Waals surface area contributed by atoms with E-state index in [1.807, 2.05) is 11.1 Å². The van der Waals surface area contributed by atoms with Crippen molar-refractivity contribution in [1.29, 1.82) is 0 Å². The van der Waals surface area contributed by atoms with E-state index in [1.54, 1.807) is 0 Å². The Morgan fingerprint density at radius 3 is 2.45 bits per heavy atom. The Labute approximate surface area is 196 Å². The summed E-state index contributed by atoms with van der Waals surface area (Å²) in [5.74, 6) is 2.37. The van der Waals surface area contributed by atoms with Crippen molar-refractivity contribution < 1.29 is 5.11 Å². The zero-order valence-corrected chi connectivity index (χ0v) is 21.9. The van der Waals surface area contributed by atoms with E-state index < -0.39 is 0 Å². The molecule has 0 saturated heterocycles. The lowest BCUT2D eigenvalue weighted by atomic mass is 9.26. The quantitative estimate of drug-likeness (QED) is 0.423. The SMILES string of the molecule is BC1(B)CC2(C)C3=C(CCC2C(B)(B)C1O)C1CCC(CCCC=C(C)C)C1(C)CC3. The van der Waals surface area contributed by atoms with Crippen LogP contribution >= 0.6 is 0 Å². The van der Waals surface area contributed by atoms with Gasteiger partial charge in [0.15, 0.2) is 0 Å². The maximum absolute atomic E-state index is 11.3. The minimum absolute atomic E-state index is 0.00107. The van der Waals surface area contributed by atoms with E-state index in [0.29, 0.717) is 11.3 Å². The molecule has 4 aliphatic carbocycles. The molecule has 0 aromatic heterocycles. The minimum atomic E-state index is -0.203. The fourth-order valence-corrected chi connectivity index (χ4v) is 9.73. The van der Waals surface area contributed by atoms with Crippen LogP contribution in [-0.2, 0) is 0 Å². The van der Waals surface area contributed by atoms with E-state index in [1.165, 1.54) is 63.4 Å². The fraction of sp³-hybridized carbons (Fsp3) is 0.846. The monoisotopic (exact) mass is 418 g/mol. The molecular weight excluding hydrogens is 372 g/mol. The summed E-state index contributed by atoms with van der Waals surface area (Å²) in [5.41, 5.74) is 6.03. The van der Waals surface area contributed by atoms with Crippen LogP contribution in [0.4, 0.5) is 0 Å². The molecule has 5 heteroatoms. The number of fused-ring (bicyclic) bond motifs is 4. The third-order valence-corrected chi connectivity index (χ3v) is 10.9. The number of aliphatic hydroxyl groups is 1. The first-order chi connectivity index (χ1) is 14.3. The molecule has 2 saturated carbocycles. The summed E-state index contributed by atoms with van der Waals surface area (Å²) in [6.45, 7) is 9.71. The Morgan fingerprint density at radius 2 is 1.77 bits per heavy atom. The lowest BCUT2D eigenvalue weighted by Gasteiger charge is -2.64. The smallest absolute Gasteiger partial charge is 0.103 e. The van der Waals surface area contributed by atoms with Crippen molar-refractivity contribution in [2.24, 2.45) is 28.6 Å². The molecule has 31 heavy (non-hydrogen) atoms. The van der Waals surface area contributed by atoms with Gasteiger partial charge in [-0.2, -0.15) is 0 Å². The van der Waals surface area contributed by atoms with Crippen molar-refractivity contribution in [3.05, 3.63) is 22.8 Å². The van der Waals surface area contributed by atoms with E-state index >= 15 is 0 Å². The maximum atomic E-state index is 11.3. The van der Waals surface area contributed by atoms with E-state index in [4.69, 9.17) is 0 Å². The second-order valence-electron chi connectivity index (χ2n) is 13.9. The number of hydrogen-bond donors (Lipinski definition) is 1. The predicted octanol–water partition coefficient (Wildman–Crippen LogP) is 3.19. The topological polar surface area (TPSA) is 20.2 Å². The summed E-state index contributed by atoms with van der Waals surface area (Å²) in [5, 5.41) is 11.3. The van der Waals surface area contributed by atoms with Gasteiger partial charge in [0.1, 0.15) is 31.4 Å². The largest absolute Gasteiger partial charge is 0.395 e. The zero-order valence-electron chi connectivity index (χ0n) is 21.9. The molecule has 168 valence electrons. The normalized spacial score (nSPS) is 43.0. The summed E-state index contributed by atoms with van der Waals surface area (Å²) in [6.07, 6.45) is 15.6. The number of unbranched alkanes of at least 4 members (excludes halogenated alkanes) is 1. The number of hydrogen-bond acceptors (Lipinski definition) is 1. The molecule has 4 aliphatic rings. The highest BCUT2D eigenvalue weighted by atomic mass is 16.3. The molecule has 0 heterocycles. The van der Waals surface area contributed by atoms with E-state index in [0.717, 1.165) is 18.3 Å². The van der Waals surface area contributed by atoms with Gasteiger partial charge in [-0.05, 0) is 107 Å². The lowest BCUT2D eigenvalue weighted by Crippen LogP contribution is -2.58. The molecule has 6 atom stereocenters. The molecule has 1 N–H and O–H groups in total. The van der Waals surface area contributed by atoms with Crippen molar-refractivity contribution >= 4 is 31.4 Å². The Bertz CT molecular complexity index is 780. The van der Waals surface area contributed by atoms with Crippen molar-refractivity contribution in [1.82, 2.24) is 0 Å². The fourth-order valence-electron chi connectivity index (χ4n) is 9.73. The predicted molar refractivity (Wildman–Crippen MR) is 145 cm³/mol. The third-order valence-electron chi connectivity index (χ3n) is 10.9. The highest BCUT2D eigenvalue weighted by Gasteiger charge is 2.61. The van der Waals surface area contributed by atoms with Crippen molar-refractivity contribution in [3.8, 4) is 0 Å². The van der Waals surface area contributed by atoms with Crippen LogP contribution in [0.5, 0.6) is 0 Å². The molecule has 0 aromatic rings. The van der Waals surface area contributed by atoms with Crippen LogP contribution in [0.3, 0.4) is 0 Å². The van der Waals surface area contributed by atoms with E-state index in [-0.39, 0.29) is 21.9 Å². The molecule has 0 radical (unpaired) electrons. The molecule has 0 amide bonds. The minimum Gasteiger partial charge on any atom is -0.395 e. The van der Waals surface area contributed by atoms with Gasteiger partial charge < -0.3 is 5.11 Å². The lowest BCUT2D eigenvalue weighted by molar-refractivity contribution is -0.00859. The van der Waals surface area contributed by atoms with Gasteiger partial charge in [0.2, 0.25) is 0 Å². The highest BCUT2D eigenvalue weighted by Crippen LogP contribution is 2.70. The first-order valence-electron chi connectivity index (χ1n) is 13.4. The average molecular weight is 418 g/mol. The van der Waals surface area contributed by atoms with Gasteiger partial charge in [0.25, 0.3) is 0 Å². The second kappa shape index (κ2) is 7.89. The summed E-state index contributed by atoms with van der Waals surface area (Å²) in [4.78, 5) is 0. The second-order valence-corrected chi connectivity index (χ2v) is 13.9.